The number of pyridine rings is 1. The first-order valence-electron chi connectivity index (χ1n) is 5.76. The van der Waals surface area contributed by atoms with E-state index in [2.05, 4.69) is 26.2 Å². The molecule has 0 saturated heterocycles. The Hall–Kier alpha value is -0.610. The van der Waals surface area contributed by atoms with Gasteiger partial charge in [0.05, 0.1) is 16.4 Å². The SMILES string of the molecule is O=C(CC1CCCC1)Nc1cnc(Cl)c(Br)c1. The number of carbonyl (C=O) groups excluding carboxylic acids is 1. The molecule has 1 saturated carbocycles. The van der Waals surface area contributed by atoms with Crippen LogP contribution in [0.1, 0.15) is 32.1 Å². The maximum atomic E-state index is 11.8. The lowest BCUT2D eigenvalue weighted by Gasteiger charge is -2.09. The van der Waals surface area contributed by atoms with Crippen LogP contribution in [0.4, 0.5) is 5.69 Å². The number of halogens is 2. The van der Waals surface area contributed by atoms with Crippen LogP contribution in [-0.2, 0) is 4.79 Å². The van der Waals surface area contributed by atoms with E-state index in [1.165, 1.54) is 25.7 Å². The highest BCUT2D eigenvalue weighted by Gasteiger charge is 2.18. The molecule has 1 aliphatic rings. The second-order valence-electron chi connectivity index (χ2n) is 4.40. The fraction of sp³-hybridized carbons (Fsp3) is 0.500. The molecule has 1 aromatic heterocycles. The number of rotatable bonds is 3. The van der Waals surface area contributed by atoms with Gasteiger partial charge in [0.1, 0.15) is 5.15 Å². The Kier molecular flexibility index (Phi) is 4.40. The average Bonchev–Trinajstić information content (AvgIpc) is 2.76. The molecule has 2 rings (SSSR count). The summed E-state index contributed by atoms with van der Waals surface area (Å²) in [5, 5.41) is 3.25. The molecule has 17 heavy (non-hydrogen) atoms. The molecule has 0 radical (unpaired) electrons. The summed E-state index contributed by atoms with van der Waals surface area (Å²) < 4.78 is 0.692. The van der Waals surface area contributed by atoms with Gasteiger partial charge in [0.2, 0.25) is 5.91 Å². The van der Waals surface area contributed by atoms with Crippen molar-refractivity contribution in [2.45, 2.75) is 32.1 Å². The Labute approximate surface area is 114 Å². The van der Waals surface area contributed by atoms with E-state index in [4.69, 9.17) is 11.6 Å². The van der Waals surface area contributed by atoms with Crippen LogP contribution in [-0.4, -0.2) is 10.9 Å². The second-order valence-corrected chi connectivity index (χ2v) is 5.61. The van der Waals surface area contributed by atoms with Crippen LogP contribution < -0.4 is 5.32 Å². The molecule has 0 aliphatic heterocycles. The monoisotopic (exact) mass is 316 g/mol. The molecule has 0 unspecified atom stereocenters. The zero-order valence-corrected chi connectivity index (χ0v) is 11.7. The first-order valence-corrected chi connectivity index (χ1v) is 6.93. The highest BCUT2D eigenvalue weighted by Crippen LogP contribution is 2.28. The third-order valence-corrected chi connectivity index (χ3v) is 4.16. The molecular weight excluding hydrogens is 304 g/mol. The minimum Gasteiger partial charge on any atom is -0.325 e. The average molecular weight is 318 g/mol. The number of aromatic nitrogens is 1. The first kappa shape index (κ1) is 12.8. The van der Waals surface area contributed by atoms with Crippen molar-refractivity contribution >= 4 is 39.1 Å². The van der Waals surface area contributed by atoms with E-state index in [0.717, 1.165) is 0 Å². The van der Waals surface area contributed by atoms with Gasteiger partial charge in [-0.1, -0.05) is 24.4 Å². The van der Waals surface area contributed by atoms with Crippen LogP contribution in [0, 0.1) is 5.92 Å². The number of hydrogen-bond donors (Lipinski definition) is 1. The fourth-order valence-corrected chi connectivity index (χ4v) is 2.63. The van der Waals surface area contributed by atoms with E-state index < -0.39 is 0 Å². The van der Waals surface area contributed by atoms with Gasteiger partial charge >= 0.3 is 0 Å². The predicted molar refractivity (Wildman–Crippen MR) is 72.2 cm³/mol. The predicted octanol–water partition coefficient (Wildman–Crippen LogP) is 4.02. The summed E-state index contributed by atoms with van der Waals surface area (Å²) >= 11 is 9.06. The fourth-order valence-electron chi connectivity index (χ4n) is 2.18. The van der Waals surface area contributed by atoms with Crippen molar-refractivity contribution in [2.24, 2.45) is 5.92 Å². The molecule has 1 fully saturated rings. The summed E-state index contributed by atoms with van der Waals surface area (Å²) in [6.07, 6.45) is 7.05. The van der Waals surface area contributed by atoms with Crippen LogP contribution in [0.5, 0.6) is 0 Å². The lowest BCUT2D eigenvalue weighted by atomic mass is 10.0. The van der Waals surface area contributed by atoms with Crippen LogP contribution in [0.25, 0.3) is 0 Å². The van der Waals surface area contributed by atoms with Gasteiger partial charge < -0.3 is 5.32 Å². The van der Waals surface area contributed by atoms with Gasteiger partial charge in [0, 0.05) is 6.42 Å². The third kappa shape index (κ3) is 3.68. The van der Waals surface area contributed by atoms with E-state index in [-0.39, 0.29) is 5.91 Å². The van der Waals surface area contributed by atoms with Crippen LogP contribution >= 0.6 is 27.5 Å². The third-order valence-electron chi connectivity index (χ3n) is 3.03. The lowest BCUT2D eigenvalue weighted by molar-refractivity contribution is -0.117. The summed E-state index contributed by atoms with van der Waals surface area (Å²) in [5.41, 5.74) is 0.685. The lowest BCUT2D eigenvalue weighted by Crippen LogP contribution is -2.15. The topological polar surface area (TPSA) is 42.0 Å². The van der Waals surface area contributed by atoms with E-state index >= 15 is 0 Å². The Morgan fingerprint density at radius 2 is 2.24 bits per heavy atom. The number of amides is 1. The molecule has 1 aliphatic carbocycles. The van der Waals surface area contributed by atoms with E-state index in [1.54, 1.807) is 12.3 Å². The Morgan fingerprint density at radius 3 is 2.88 bits per heavy atom. The molecule has 1 aromatic rings. The van der Waals surface area contributed by atoms with Crippen molar-refractivity contribution < 1.29 is 4.79 Å². The molecule has 0 spiro atoms. The Balaban J connectivity index is 1.90. The standard InChI is InChI=1S/C12H14BrClN2O/c13-10-6-9(7-15-12(10)14)16-11(17)5-8-3-1-2-4-8/h6-8H,1-5H2,(H,16,17). The maximum Gasteiger partial charge on any atom is 0.224 e. The number of nitrogens with zero attached hydrogens (tertiary/aromatic N) is 1. The summed E-state index contributed by atoms with van der Waals surface area (Å²) in [5.74, 6) is 0.617. The van der Waals surface area contributed by atoms with Gasteiger partial charge in [0.25, 0.3) is 0 Å². The quantitative estimate of drug-likeness (QED) is 0.856. The zero-order valence-electron chi connectivity index (χ0n) is 9.38. The van der Waals surface area contributed by atoms with Crippen molar-refractivity contribution in [1.29, 1.82) is 0 Å². The minimum atomic E-state index is 0.0629. The number of anilines is 1. The van der Waals surface area contributed by atoms with Crippen molar-refractivity contribution in [3.8, 4) is 0 Å². The van der Waals surface area contributed by atoms with Crippen molar-refractivity contribution in [3.05, 3.63) is 21.9 Å². The molecule has 1 N–H and O–H groups in total. The van der Waals surface area contributed by atoms with Gasteiger partial charge in [-0.2, -0.15) is 0 Å². The molecule has 3 nitrogen and oxygen atoms in total. The zero-order chi connectivity index (χ0) is 12.3. The summed E-state index contributed by atoms with van der Waals surface area (Å²) in [7, 11) is 0. The summed E-state index contributed by atoms with van der Waals surface area (Å²) in [4.78, 5) is 15.7. The number of carbonyl (C=O) groups is 1. The second kappa shape index (κ2) is 5.83. The van der Waals surface area contributed by atoms with Crippen molar-refractivity contribution in [2.75, 3.05) is 5.32 Å². The highest BCUT2D eigenvalue weighted by molar-refractivity contribution is 9.10. The largest absolute Gasteiger partial charge is 0.325 e. The molecule has 0 atom stereocenters. The van der Waals surface area contributed by atoms with E-state index in [9.17, 15) is 4.79 Å². The molecule has 0 bridgehead atoms. The van der Waals surface area contributed by atoms with E-state index in [1.807, 2.05) is 0 Å². The summed E-state index contributed by atoms with van der Waals surface area (Å²) in [6, 6.07) is 1.77. The first-order chi connectivity index (χ1) is 8.15. The van der Waals surface area contributed by atoms with Crippen molar-refractivity contribution in [3.63, 3.8) is 0 Å². The van der Waals surface area contributed by atoms with Crippen molar-refractivity contribution in [1.82, 2.24) is 4.98 Å². The molecule has 0 aromatic carbocycles. The van der Waals surface area contributed by atoms with Gasteiger partial charge in [-0.3, -0.25) is 4.79 Å². The minimum absolute atomic E-state index is 0.0629. The smallest absolute Gasteiger partial charge is 0.224 e. The van der Waals surface area contributed by atoms with Crippen LogP contribution in [0.15, 0.2) is 16.7 Å². The molecule has 1 heterocycles. The van der Waals surface area contributed by atoms with Crippen LogP contribution in [0.3, 0.4) is 0 Å². The molecular formula is C12H14BrClN2O. The normalized spacial score (nSPS) is 16.1. The maximum absolute atomic E-state index is 11.8. The molecule has 1 amide bonds. The Bertz CT molecular complexity index is 419. The molecule has 5 heteroatoms. The summed E-state index contributed by atoms with van der Waals surface area (Å²) in [6.45, 7) is 0. The highest BCUT2D eigenvalue weighted by atomic mass is 79.9. The number of hydrogen-bond acceptors (Lipinski definition) is 2. The van der Waals surface area contributed by atoms with Crippen LogP contribution in [0.2, 0.25) is 5.15 Å². The van der Waals surface area contributed by atoms with Gasteiger partial charge in [-0.05, 0) is 40.8 Å². The van der Waals surface area contributed by atoms with Gasteiger partial charge in [-0.15, -0.1) is 0 Å². The van der Waals surface area contributed by atoms with Gasteiger partial charge in [-0.25, -0.2) is 4.98 Å². The number of nitrogens with one attached hydrogen (secondary N) is 1. The molecule has 92 valence electrons. The van der Waals surface area contributed by atoms with E-state index in [0.29, 0.717) is 27.7 Å². The Morgan fingerprint density at radius 1 is 1.53 bits per heavy atom. The van der Waals surface area contributed by atoms with Gasteiger partial charge in [0.15, 0.2) is 0 Å².